The van der Waals surface area contributed by atoms with Crippen molar-refractivity contribution in [3.05, 3.63) is 53.7 Å². The third kappa shape index (κ3) is 2.06. The fourth-order valence-corrected chi connectivity index (χ4v) is 2.40. The summed E-state index contributed by atoms with van der Waals surface area (Å²) in [6.45, 7) is 3.76. The lowest BCUT2D eigenvalue weighted by molar-refractivity contribution is 0.625. The molecule has 0 saturated carbocycles. The molecule has 0 saturated heterocycles. The van der Waals surface area contributed by atoms with Gasteiger partial charge in [-0.15, -0.1) is 11.6 Å². The molecule has 3 rings (SSSR count). The topological polar surface area (TPSA) is 30.7 Å². The Balaban J connectivity index is 2.39. The molecule has 2 heterocycles. The number of aryl methyl sites for hydroxylation is 1. The molecule has 2 aromatic heterocycles. The highest BCUT2D eigenvalue weighted by Crippen LogP contribution is 2.28. The van der Waals surface area contributed by atoms with Gasteiger partial charge < -0.3 is 0 Å². The van der Waals surface area contributed by atoms with Gasteiger partial charge in [0.15, 0.2) is 5.65 Å². The molecule has 3 aromatic rings. The first-order chi connectivity index (χ1) is 9.58. The van der Waals surface area contributed by atoms with E-state index in [9.17, 15) is 4.39 Å². The minimum Gasteiger partial charge on any atom is -0.279 e. The van der Waals surface area contributed by atoms with Crippen LogP contribution in [0.3, 0.4) is 0 Å². The minimum atomic E-state index is -0.299. The summed E-state index contributed by atoms with van der Waals surface area (Å²) in [5, 5.41) is -0.299. The van der Waals surface area contributed by atoms with Gasteiger partial charge in [0, 0.05) is 6.20 Å². The largest absolute Gasteiger partial charge is 0.279 e. The van der Waals surface area contributed by atoms with Crippen LogP contribution in [0.5, 0.6) is 0 Å². The zero-order chi connectivity index (χ0) is 14.3. The van der Waals surface area contributed by atoms with Crippen LogP contribution in [0, 0.1) is 12.7 Å². The van der Waals surface area contributed by atoms with Crippen LogP contribution in [0.1, 0.15) is 23.7 Å². The second-order valence-corrected chi connectivity index (χ2v) is 5.35. The first kappa shape index (κ1) is 13.1. The number of rotatable bonds is 2. The van der Waals surface area contributed by atoms with E-state index in [4.69, 9.17) is 11.6 Å². The summed E-state index contributed by atoms with van der Waals surface area (Å²) in [5.41, 5.74) is 3.09. The van der Waals surface area contributed by atoms with E-state index in [1.165, 1.54) is 12.1 Å². The number of pyridine rings is 1. The van der Waals surface area contributed by atoms with E-state index < -0.39 is 0 Å². The van der Waals surface area contributed by atoms with Gasteiger partial charge in [-0.3, -0.25) is 4.57 Å². The lowest BCUT2D eigenvalue weighted by Crippen LogP contribution is -2.05. The van der Waals surface area contributed by atoms with Crippen molar-refractivity contribution in [2.45, 2.75) is 19.2 Å². The molecule has 0 aliphatic carbocycles. The Morgan fingerprint density at radius 2 is 2.10 bits per heavy atom. The Bertz CT molecular complexity index is 780. The second kappa shape index (κ2) is 4.87. The maximum Gasteiger partial charge on any atom is 0.164 e. The highest BCUT2D eigenvalue weighted by atomic mass is 35.5. The summed E-state index contributed by atoms with van der Waals surface area (Å²) in [7, 11) is 0. The third-order valence-electron chi connectivity index (χ3n) is 3.21. The van der Waals surface area contributed by atoms with Gasteiger partial charge in [0.1, 0.15) is 17.2 Å². The molecule has 1 unspecified atom stereocenters. The predicted octanol–water partition coefficient (Wildman–Crippen LogP) is 4.17. The van der Waals surface area contributed by atoms with Crippen molar-refractivity contribution in [1.82, 2.24) is 14.5 Å². The molecule has 0 aliphatic heterocycles. The van der Waals surface area contributed by atoms with E-state index in [1.54, 1.807) is 12.3 Å². The molecule has 3 nitrogen and oxygen atoms in total. The predicted molar refractivity (Wildman–Crippen MR) is 77.8 cm³/mol. The maximum absolute atomic E-state index is 13.6. The quantitative estimate of drug-likeness (QED) is 0.663. The summed E-state index contributed by atoms with van der Waals surface area (Å²) >= 11 is 6.22. The summed E-state index contributed by atoms with van der Waals surface area (Å²) in [6, 6.07) is 8.35. The minimum absolute atomic E-state index is 0.295. The van der Waals surface area contributed by atoms with Gasteiger partial charge in [0.25, 0.3) is 0 Å². The van der Waals surface area contributed by atoms with Gasteiger partial charge in [0.05, 0.1) is 11.1 Å². The monoisotopic (exact) mass is 289 g/mol. The number of benzene rings is 1. The van der Waals surface area contributed by atoms with Crippen LogP contribution in [0.25, 0.3) is 16.9 Å². The molecule has 0 N–H and O–H groups in total. The standard InChI is InChI=1S/C15H13ClFN3/c1-9-5-6-11(17)8-13(9)20-14(10(2)16)19-12-4-3-7-18-15(12)20/h3-8,10H,1-2H3. The number of imidazole rings is 1. The van der Waals surface area contributed by atoms with E-state index in [0.29, 0.717) is 17.2 Å². The number of hydrogen-bond donors (Lipinski definition) is 0. The molecule has 1 aromatic carbocycles. The van der Waals surface area contributed by atoms with E-state index in [2.05, 4.69) is 9.97 Å². The Hall–Kier alpha value is -1.94. The van der Waals surface area contributed by atoms with Gasteiger partial charge in [-0.2, -0.15) is 0 Å². The summed E-state index contributed by atoms with van der Waals surface area (Å²) in [4.78, 5) is 8.86. The van der Waals surface area contributed by atoms with Crippen LogP contribution in [0.15, 0.2) is 36.5 Å². The number of alkyl halides is 1. The van der Waals surface area contributed by atoms with Crippen LogP contribution >= 0.6 is 11.6 Å². The van der Waals surface area contributed by atoms with Crippen molar-refractivity contribution in [1.29, 1.82) is 0 Å². The maximum atomic E-state index is 13.6. The van der Waals surface area contributed by atoms with Crippen molar-refractivity contribution in [3.63, 3.8) is 0 Å². The highest BCUT2D eigenvalue weighted by Gasteiger charge is 2.18. The number of fused-ring (bicyclic) bond motifs is 1. The van der Waals surface area contributed by atoms with Gasteiger partial charge >= 0.3 is 0 Å². The smallest absolute Gasteiger partial charge is 0.164 e. The lowest BCUT2D eigenvalue weighted by Gasteiger charge is -2.12. The summed E-state index contributed by atoms with van der Waals surface area (Å²) in [6.07, 6.45) is 1.69. The van der Waals surface area contributed by atoms with Crippen molar-refractivity contribution in [2.24, 2.45) is 0 Å². The Morgan fingerprint density at radius 3 is 2.85 bits per heavy atom. The zero-order valence-corrected chi connectivity index (χ0v) is 11.9. The Labute approximate surface area is 121 Å². The first-order valence-electron chi connectivity index (χ1n) is 6.32. The molecule has 0 spiro atoms. The fraction of sp³-hybridized carbons (Fsp3) is 0.200. The first-order valence-corrected chi connectivity index (χ1v) is 6.75. The molecular formula is C15H13ClFN3. The van der Waals surface area contributed by atoms with Gasteiger partial charge in [-0.25, -0.2) is 14.4 Å². The lowest BCUT2D eigenvalue weighted by atomic mass is 10.2. The van der Waals surface area contributed by atoms with E-state index >= 15 is 0 Å². The van der Waals surface area contributed by atoms with Crippen LogP contribution in [-0.2, 0) is 0 Å². The third-order valence-corrected chi connectivity index (χ3v) is 3.41. The van der Waals surface area contributed by atoms with Crippen molar-refractivity contribution < 1.29 is 4.39 Å². The molecule has 0 aliphatic rings. The van der Waals surface area contributed by atoms with Crippen LogP contribution in [0.2, 0.25) is 0 Å². The second-order valence-electron chi connectivity index (χ2n) is 4.70. The molecule has 0 radical (unpaired) electrons. The average Bonchev–Trinajstić information content (AvgIpc) is 2.81. The summed E-state index contributed by atoms with van der Waals surface area (Å²) in [5.74, 6) is 0.366. The van der Waals surface area contributed by atoms with Crippen LogP contribution < -0.4 is 0 Å². The Morgan fingerprint density at radius 1 is 1.30 bits per heavy atom. The van der Waals surface area contributed by atoms with Crippen molar-refractivity contribution >= 4 is 22.8 Å². The van der Waals surface area contributed by atoms with Gasteiger partial charge in [0.2, 0.25) is 0 Å². The highest BCUT2D eigenvalue weighted by molar-refractivity contribution is 6.20. The molecule has 0 fully saturated rings. The number of nitrogens with zero attached hydrogens (tertiary/aromatic N) is 3. The Kier molecular flexibility index (Phi) is 3.18. The average molecular weight is 290 g/mol. The molecule has 20 heavy (non-hydrogen) atoms. The molecule has 0 bridgehead atoms. The van der Waals surface area contributed by atoms with E-state index in [1.807, 2.05) is 30.5 Å². The van der Waals surface area contributed by atoms with Crippen LogP contribution in [-0.4, -0.2) is 14.5 Å². The number of hydrogen-bond acceptors (Lipinski definition) is 2. The van der Waals surface area contributed by atoms with E-state index in [0.717, 1.165) is 11.1 Å². The van der Waals surface area contributed by atoms with Crippen molar-refractivity contribution in [2.75, 3.05) is 0 Å². The van der Waals surface area contributed by atoms with Gasteiger partial charge in [-0.05, 0) is 43.7 Å². The number of halogens is 2. The molecule has 0 amide bonds. The normalized spacial score (nSPS) is 12.8. The summed E-state index contributed by atoms with van der Waals surface area (Å²) < 4.78 is 15.4. The molecule has 1 atom stereocenters. The van der Waals surface area contributed by atoms with Gasteiger partial charge in [-0.1, -0.05) is 6.07 Å². The van der Waals surface area contributed by atoms with Crippen molar-refractivity contribution in [3.8, 4) is 5.69 Å². The van der Waals surface area contributed by atoms with Crippen LogP contribution in [0.4, 0.5) is 4.39 Å². The fourth-order valence-electron chi connectivity index (χ4n) is 2.26. The molecule has 5 heteroatoms. The molecule has 102 valence electrons. The number of aromatic nitrogens is 3. The SMILES string of the molecule is Cc1ccc(F)cc1-n1c(C(C)Cl)nc2cccnc21. The zero-order valence-electron chi connectivity index (χ0n) is 11.1. The van der Waals surface area contributed by atoms with E-state index in [-0.39, 0.29) is 11.2 Å². The molecular weight excluding hydrogens is 277 g/mol.